The monoisotopic (exact) mass is 508 g/mol. The number of benzene rings is 1. The van der Waals surface area contributed by atoms with Crippen molar-refractivity contribution in [1.82, 2.24) is 14.3 Å². The van der Waals surface area contributed by atoms with Gasteiger partial charge in [-0.05, 0) is 38.1 Å². The number of likely N-dealkylation sites (tertiary alicyclic amines) is 1. The Morgan fingerprint density at radius 2 is 1.89 bits per heavy atom. The van der Waals surface area contributed by atoms with E-state index in [0.717, 1.165) is 43.8 Å². The summed E-state index contributed by atoms with van der Waals surface area (Å²) in [5, 5.41) is 0. The Morgan fingerprint density at radius 3 is 2.47 bits per heavy atom. The molecule has 0 spiro atoms. The second-order valence-electron chi connectivity index (χ2n) is 10.9. The Balaban J connectivity index is 1.72. The van der Waals surface area contributed by atoms with Crippen LogP contribution in [-0.4, -0.2) is 59.6 Å². The van der Waals surface area contributed by atoms with Crippen molar-refractivity contribution in [1.29, 1.82) is 0 Å². The van der Waals surface area contributed by atoms with Crippen molar-refractivity contribution in [3.8, 4) is 5.75 Å². The van der Waals surface area contributed by atoms with Crippen LogP contribution in [0.4, 0.5) is 13.2 Å². The van der Waals surface area contributed by atoms with Gasteiger partial charge in [0.15, 0.2) is 5.49 Å². The molecule has 0 N–H and O–H groups in total. The maximum atomic E-state index is 13.5. The molecular formula is C26H35F3N4O3. The molecule has 2 fully saturated rings. The van der Waals surface area contributed by atoms with E-state index >= 15 is 0 Å². The fourth-order valence-corrected chi connectivity index (χ4v) is 4.87. The van der Waals surface area contributed by atoms with Gasteiger partial charge in [-0.2, -0.15) is 18.2 Å². The van der Waals surface area contributed by atoms with E-state index in [2.05, 4.69) is 30.7 Å². The molecule has 2 saturated heterocycles. The maximum Gasteiger partial charge on any atom is 0.416 e. The molecule has 1 amide bonds. The number of halogens is 3. The number of carbonyl (C=O) groups excluding carboxylic acids is 1. The highest BCUT2D eigenvalue weighted by Crippen LogP contribution is 2.33. The van der Waals surface area contributed by atoms with Crippen LogP contribution in [0.3, 0.4) is 0 Å². The molecule has 0 radical (unpaired) electrons. The van der Waals surface area contributed by atoms with Gasteiger partial charge in [0.25, 0.3) is 5.91 Å². The van der Waals surface area contributed by atoms with Crippen LogP contribution in [0, 0.1) is 5.92 Å². The number of aromatic nitrogens is 2. The van der Waals surface area contributed by atoms with Crippen LogP contribution in [0.5, 0.6) is 5.75 Å². The predicted octanol–water partition coefficient (Wildman–Crippen LogP) is 4.00. The zero-order valence-electron chi connectivity index (χ0n) is 21.6. The van der Waals surface area contributed by atoms with Crippen molar-refractivity contribution in [2.45, 2.75) is 57.9 Å². The highest BCUT2D eigenvalue weighted by molar-refractivity contribution is 5.97. The van der Waals surface area contributed by atoms with Crippen molar-refractivity contribution in [3.05, 3.63) is 46.6 Å². The van der Waals surface area contributed by atoms with Crippen LogP contribution >= 0.6 is 0 Å². The zero-order chi connectivity index (χ0) is 26.3. The lowest BCUT2D eigenvalue weighted by atomic mass is 9.92. The molecule has 0 saturated carbocycles. The first-order chi connectivity index (χ1) is 16.8. The van der Waals surface area contributed by atoms with E-state index in [9.17, 15) is 18.0 Å². The van der Waals surface area contributed by atoms with Crippen LogP contribution in [0.25, 0.3) is 0 Å². The first-order valence-electron chi connectivity index (χ1n) is 12.3. The van der Waals surface area contributed by atoms with Crippen LogP contribution < -0.4 is 10.2 Å². The van der Waals surface area contributed by atoms with E-state index in [1.54, 1.807) is 0 Å². The smallest absolute Gasteiger partial charge is 0.416 e. The topological polar surface area (TPSA) is 61.0 Å². The SMILES string of the molecule is CN1CC(COc2ccc(C(F)(F)F)cc2C(=O)/N=c2\cc(C(C)(C)C)n(C)n2C[C@H]2CCCO2)C1. The minimum Gasteiger partial charge on any atom is -0.492 e. The minimum absolute atomic E-state index is 0.00599. The number of ether oxygens (including phenoxy) is 2. The molecule has 36 heavy (non-hydrogen) atoms. The Kier molecular flexibility index (Phi) is 7.39. The molecule has 1 aromatic heterocycles. The van der Waals surface area contributed by atoms with Crippen molar-refractivity contribution in [2.24, 2.45) is 18.0 Å². The summed E-state index contributed by atoms with van der Waals surface area (Å²) in [7, 11) is 3.88. The number of nitrogens with zero attached hydrogens (tertiary/aromatic N) is 4. The van der Waals surface area contributed by atoms with Gasteiger partial charge in [0.2, 0.25) is 0 Å². The molecule has 2 aliphatic rings. The highest BCUT2D eigenvalue weighted by Gasteiger charge is 2.33. The largest absolute Gasteiger partial charge is 0.492 e. The Hall–Kier alpha value is -2.59. The normalized spacial score (nSPS) is 20.1. The number of alkyl halides is 3. The van der Waals surface area contributed by atoms with E-state index in [0.29, 0.717) is 25.2 Å². The summed E-state index contributed by atoms with van der Waals surface area (Å²) in [6, 6.07) is 4.83. The Bertz CT molecular complexity index is 1160. The average molecular weight is 509 g/mol. The standard InChI is InChI=1S/C26H35F3N4O3/c1-25(2,3)22-12-23(33(32(22)5)15-19-7-6-10-35-19)30-24(34)20-11-18(26(27,28)29)8-9-21(20)36-16-17-13-31(4)14-17/h8-9,11-12,17,19H,6-7,10,13-16H2,1-5H3/b30-23+/t19-/m1/s1. The Labute approximate surface area is 209 Å². The van der Waals surface area contributed by atoms with E-state index in [-0.39, 0.29) is 28.7 Å². The van der Waals surface area contributed by atoms with E-state index < -0.39 is 17.6 Å². The lowest BCUT2D eigenvalue weighted by molar-refractivity contribution is -0.137. The minimum atomic E-state index is -4.59. The highest BCUT2D eigenvalue weighted by atomic mass is 19.4. The average Bonchev–Trinajstić information content (AvgIpc) is 3.38. The van der Waals surface area contributed by atoms with Gasteiger partial charge in [0, 0.05) is 49.8 Å². The molecule has 198 valence electrons. The van der Waals surface area contributed by atoms with Crippen LogP contribution in [-0.2, 0) is 29.9 Å². The van der Waals surface area contributed by atoms with E-state index in [1.807, 2.05) is 29.5 Å². The van der Waals surface area contributed by atoms with Gasteiger partial charge in [-0.3, -0.25) is 14.2 Å². The fourth-order valence-electron chi connectivity index (χ4n) is 4.87. The summed E-state index contributed by atoms with van der Waals surface area (Å²) in [4.78, 5) is 19.8. The number of hydrogen-bond donors (Lipinski definition) is 0. The van der Waals surface area contributed by atoms with Gasteiger partial charge in [-0.15, -0.1) is 0 Å². The first kappa shape index (κ1) is 26.5. The summed E-state index contributed by atoms with van der Waals surface area (Å²) in [6.45, 7) is 9.38. The van der Waals surface area contributed by atoms with Gasteiger partial charge in [-0.1, -0.05) is 20.8 Å². The van der Waals surface area contributed by atoms with Gasteiger partial charge < -0.3 is 14.4 Å². The second-order valence-corrected chi connectivity index (χ2v) is 10.9. The molecule has 3 heterocycles. The lowest BCUT2D eigenvalue weighted by Gasteiger charge is -2.35. The summed E-state index contributed by atoms with van der Waals surface area (Å²) >= 11 is 0. The van der Waals surface area contributed by atoms with E-state index in [4.69, 9.17) is 9.47 Å². The van der Waals surface area contributed by atoms with Crippen LogP contribution in [0.1, 0.15) is 55.2 Å². The molecular weight excluding hydrogens is 473 g/mol. The summed E-state index contributed by atoms with van der Waals surface area (Å²) < 4.78 is 55.9. The second kappa shape index (κ2) is 10.0. The van der Waals surface area contributed by atoms with Crippen molar-refractivity contribution in [2.75, 3.05) is 33.4 Å². The molecule has 1 atom stereocenters. The van der Waals surface area contributed by atoms with Crippen molar-refractivity contribution >= 4 is 5.91 Å². The molecule has 2 aliphatic heterocycles. The molecule has 10 heteroatoms. The summed E-state index contributed by atoms with van der Waals surface area (Å²) in [5.41, 5.74) is -0.00656. The first-order valence-corrected chi connectivity index (χ1v) is 12.3. The van der Waals surface area contributed by atoms with Gasteiger partial charge in [-0.25, -0.2) is 0 Å². The quantitative estimate of drug-likeness (QED) is 0.592. The number of rotatable bonds is 6. The summed E-state index contributed by atoms with van der Waals surface area (Å²) in [5.74, 6) is -0.382. The number of amides is 1. The molecule has 0 bridgehead atoms. The lowest BCUT2D eigenvalue weighted by Crippen LogP contribution is -2.46. The molecule has 4 rings (SSSR count). The van der Waals surface area contributed by atoms with E-state index in [1.165, 1.54) is 6.07 Å². The number of carbonyl (C=O) groups is 1. The van der Waals surface area contributed by atoms with Crippen molar-refractivity contribution in [3.63, 3.8) is 0 Å². The molecule has 7 nitrogen and oxygen atoms in total. The Morgan fingerprint density at radius 1 is 1.17 bits per heavy atom. The van der Waals surface area contributed by atoms with Crippen molar-refractivity contribution < 1.29 is 27.4 Å². The van der Waals surface area contributed by atoms with Gasteiger partial charge in [0.05, 0.1) is 30.4 Å². The molecule has 1 aromatic carbocycles. The van der Waals surface area contributed by atoms with Gasteiger partial charge >= 0.3 is 6.18 Å². The summed E-state index contributed by atoms with van der Waals surface area (Å²) in [6.07, 6.45) is -2.72. The zero-order valence-corrected chi connectivity index (χ0v) is 21.6. The molecule has 2 aromatic rings. The third kappa shape index (κ3) is 5.86. The maximum absolute atomic E-state index is 13.5. The fraction of sp³-hybridized carbons (Fsp3) is 0.615. The van der Waals surface area contributed by atoms with Gasteiger partial charge in [0.1, 0.15) is 5.75 Å². The predicted molar refractivity (Wildman–Crippen MR) is 129 cm³/mol. The molecule has 0 unspecified atom stereocenters. The third-order valence-electron chi connectivity index (χ3n) is 6.78. The number of hydrogen-bond acceptors (Lipinski definition) is 4. The van der Waals surface area contributed by atoms with Crippen LogP contribution in [0.15, 0.2) is 29.3 Å². The molecule has 0 aliphatic carbocycles. The van der Waals surface area contributed by atoms with Crippen LogP contribution in [0.2, 0.25) is 0 Å². The third-order valence-corrected chi connectivity index (χ3v) is 6.78.